The largest absolute Gasteiger partial charge is 0.466 e. The molecular formula is C16H15BrN2O4. The zero-order valence-corrected chi connectivity index (χ0v) is 14.2. The highest BCUT2D eigenvalue weighted by Crippen LogP contribution is 2.32. The Kier molecular flexibility index (Phi) is 4.08. The van der Waals surface area contributed by atoms with Gasteiger partial charge >= 0.3 is 5.97 Å². The number of hydrogen-bond donors (Lipinski definition) is 1. The fourth-order valence-electron chi connectivity index (χ4n) is 2.57. The fourth-order valence-corrected chi connectivity index (χ4v) is 2.91. The molecule has 2 heterocycles. The van der Waals surface area contributed by atoms with E-state index in [0.29, 0.717) is 5.71 Å². The molecule has 6 nitrogen and oxygen atoms in total. The summed E-state index contributed by atoms with van der Waals surface area (Å²) >= 11 is 3.39. The minimum Gasteiger partial charge on any atom is -0.466 e. The van der Waals surface area contributed by atoms with Crippen LogP contribution in [0.3, 0.4) is 0 Å². The van der Waals surface area contributed by atoms with Gasteiger partial charge in [-0.2, -0.15) is 0 Å². The van der Waals surface area contributed by atoms with E-state index in [9.17, 15) is 9.90 Å². The zero-order chi connectivity index (χ0) is 16.6. The van der Waals surface area contributed by atoms with Crippen LogP contribution in [0.5, 0.6) is 0 Å². The lowest BCUT2D eigenvalue weighted by atomic mass is 9.89. The molecule has 0 bridgehead atoms. The summed E-state index contributed by atoms with van der Waals surface area (Å²) in [5.41, 5.74) is 0.752. The number of halogens is 1. The molecule has 0 spiro atoms. The number of aliphatic hydroxyl groups is 1. The number of fused-ring (bicyclic) bond motifs is 1. The summed E-state index contributed by atoms with van der Waals surface area (Å²) in [4.78, 5) is 21.6. The monoisotopic (exact) mass is 378 g/mol. The summed E-state index contributed by atoms with van der Waals surface area (Å²) in [6.07, 6.45) is 0.825. The molecule has 1 aliphatic rings. The van der Waals surface area contributed by atoms with Gasteiger partial charge in [0.25, 0.3) is 5.60 Å². The summed E-state index contributed by atoms with van der Waals surface area (Å²) in [5.74, 6) is -0.642. The second-order valence-corrected chi connectivity index (χ2v) is 6.34. The molecule has 0 aliphatic carbocycles. The standard InChI is InChI=1S/C16H15BrN2O4/c1-9(20)16(15(21)22-2)7-14(19-23-16)10-3-4-13-11(5-10)6-12(17)8-18-13/h3-6,8-9,20H,7H2,1-2H3. The van der Waals surface area contributed by atoms with Crippen LogP contribution in [0.15, 0.2) is 40.1 Å². The Hall–Kier alpha value is -1.99. The fraction of sp³-hybridized carbons (Fsp3) is 0.312. The maximum atomic E-state index is 12.0. The number of carbonyl (C=O) groups excluding carboxylic acids is 1. The maximum Gasteiger partial charge on any atom is 0.356 e. The summed E-state index contributed by atoms with van der Waals surface area (Å²) < 4.78 is 5.63. The van der Waals surface area contributed by atoms with Gasteiger partial charge in [0.1, 0.15) is 6.10 Å². The first-order chi connectivity index (χ1) is 11.0. The van der Waals surface area contributed by atoms with Gasteiger partial charge in [-0.3, -0.25) is 4.98 Å². The highest BCUT2D eigenvalue weighted by molar-refractivity contribution is 9.10. The van der Waals surface area contributed by atoms with Crippen LogP contribution < -0.4 is 0 Å². The van der Waals surface area contributed by atoms with Crippen molar-refractivity contribution >= 4 is 38.5 Å². The van der Waals surface area contributed by atoms with Gasteiger partial charge in [0.2, 0.25) is 0 Å². The zero-order valence-electron chi connectivity index (χ0n) is 12.6. The Balaban J connectivity index is 1.96. The summed E-state index contributed by atoms with van der Waals surface area (Å²) in [6, 6.07) is 7.61. The number of ether oxygens (including phenoxy) is 1. The lowest BCUT2D eigenvalue weighted by molar-refractivity contribution is -0.179. The second-order valence-electron chi connectivity index (χ2n) is 5.42. The van der Waals surface area contributed by atoms with Crippen molar-refractivity contribution in [2.75, 3.05) is 7.11 Å². The number of esters is 1. The van der Waals surface area contributed by atoms with Crippen molar-refractivity contribution in [3.8, 4) is 0 Å². The van der Waals surface area contributed by atoms with Gasteiger partial charge in [-0.15, -0.1) is 0 Å². The van der Waals surface area contributed by atoms with Gasteiger partial charge in [0.05, 0.1) is 24.8 Å². The van der Waals surface area contributed by atoms with Crippen LogP contribution in [0.2, 0.25) is 0 Å². The molecule has 0 saturated heterocycles. The van der Waals surface area contributed by atoms with E-state index in [1.165, 1.54) is 14.0 Å². The Bertz CT molecular complexity index is 806. The van der Waals surface area contributed by atoms with Gasteiger partial charge in [-0.25, -0.2) is 4.79 Å². The molecule has 0 radical (unpaired) electrons. The van der Waals surface area contributed by atoms with Crippen molar-refractivity contribution < 1.29 is 19.5 Å². The van der Waals surface area contributed by atoms with E-state index in [-0.39, 0.29) is 6.42 Å². The van der Waals surface area contributed by atoms with E-state index in [0.717, 1.165) is 20.9 Å². The van der Waals surface area contributed by atoms with Crippen molar-refractivity contribution in [1.82, 2.24) is 4.98 Å². The van der Waals surface area contributed by atoms with Gasteiger partial charge in [-0.1, -0.05) is 11.2 Å². The molecule has 1 aromatic carbocycles. The van der Waals surface area contributed by atoms with Crippen molar-refractivity contribution in [2.45, 2.75) is 25.0 Å². The third-order valence-corrected chi connectivity index (χ3v) is 4.37. The molecule has 0 fully saturated rings. The average molecular weight is 379 g/mol. The highest BCUT2D eigenvalue weighted by Gasteiger charge is 2.52. The van der Waals surface area contributed by atoms with E-state index in [2.05, 4.69) is 26.1 Å². The van der Waals surface area contributed by atoms with Gasteiger partial charge < -0.3 is 14.7 Å². The number of benzene rings is 1. The predicted octanol–water partition coefficient (Wildman–Crippen LogP) is 2.41. The quantitative estimate of drug-likeness (QED) is 0.829. The number of carbonyl (C=O) groups is 1. The molecule has 3 rings (SSSR count). The molecule has 7 heteroatoms. The number of oxime groups is 1. The van der Waals surface area contributed by atoms with Crippen LogP contribution in [0.1, 0.15) is 18.9 Å². The second kappa shape index (κ2) is 5.90. The van der Waals surface area contributed by atoms with Crippen LogP contribution in [0.4, 0.5) is 0 Å². The number of rotatable bonds is 3. The smallest absolute Gasteiger partial charge is 0.356 e. The number of methoxy groups -OCH3 is 1. The average Bonchev–Trinajstić information content (AvgIpc) is 3.00. The normalized spacial score (nSPS) is 21.7. The summed E-state index contributed by atoms with van der Waals surface area (Å²) in [7, 11) is 1.26. The van der Waals surface area contributed by atoms with Crippen molar-refractivity contribution in [1.29, 1.82) is 0 Å². The van der Waals surface area contributed by atoms with Crippen molar-refractivity contribution in [3.63, 3.8) is 0 Å². The molecule has 0 saturated carbocycles. The summed E-state index contributed by atoms with van der Waals surface area (Å²) in [6.45, 7) is 1.48. The molecule has 1 N–H and O–H groups in total. The van der Waals surface area contributed by atoms with E-state index >= 15 is 0 Å². The molecule has 2 aromatic rings. The van der Waals surface area contributed by atoms with Crippen LogP contribution >= 0.6 is 15.9 Å². The van der Waals surface area contributed by atoms with Gasteiger partial charge in [-0.05, 0) is 41.1 Å². The first-order valence-electron chi connectivity index (χ1n) is 7.03. The first-order valence-corrected chi connectivity index (χ1v) is 7.83. The molecular weight excluding hydrogens is 364 g/mol. The molecule has 2 atom stereocenters. The maximum absolute atomic E-state index is 12.0. The lowest BCUT2D eigenvalue weighted by Gasteiger charge is -2.26. The molecule has 23 heavy (non-hydrogen) atoms. The van der Waals surface area contributed by atoms with E-state index < -0.39 is 17.7 Å². The van der Waals surface area contributed by atoms with Crippen LogP contribution in [-0.4, -0.2) is 40.6 Å². The Morgan fingerprint density at radius 1 is 1.48 bits per heavy atom. The van der Waals surface area contributed by atoms with E-state index in [4.69, 9.17) is 9.57 Å². The van der Waals surface area contributed by atoms with Crippen molar-refractivity contribution in [2.24, 2.45) is 5.16 Å². The van der Waals surface area contributed by atoms with E-state index in [1.807, 2.05) is 24.3 Å². The molecule has 2 unspecified atom stereocenters. The Labute approximate surface area is 141 Å². The van der Waals surface area contributed by atoms with Gasteiger partial charge in [0, 0.05) is 21.6 Å². The summed E-state index contributed by atoms with van der Waals surface area (Å²) in [5, 5.41) is 14.9. The number of aromatic nitrogens is 1. The molecule has 1 aliphatic heterocycles. The third-order valence-electron chi connectivity index (χ3n) is 3.94. The lowest BCUT2D eigenvalue weighted by Crippen LogP contribution is -2.49. The van der Waals surface area contributed by atoms with Crippen LogP contribution in [0.25, 0.3) is 10.9 Å². The van der Waals surface area contributed by atoms with Crippen LogP contribution in [0, 0.1) is 0 Å². The molecule has 0 amide bonds. The minimum atomic E-state index is -1.49. The number of pyridine rings is 1. The first kappa shape index (κ1) is 15.9. The number of nitrogens with zero attached hydrogens (tertiary/aromatic N) is 2. The van der Waals surface area contributed by atoms with Crippen LogP contribution in [-0.2, 0) is 14.4 Å². The number of hydrogen-bond acceptors (Lipinski definition) is 6. The number of aliphatic hydroxyl groups excluding tert-OH is 1. The van der Waals surface area contributed by atoms with Gasteiger partial charge in [0.15, 0.2) is 0 Å². The third kappa shape index (κ3) is 2.70. The Morgan fingerprint density at radius 3 is 2.96 bits per heavy atom. The molecule has 120 valence electrons. The SMILES string of the molecule is COC(=O)C1(C(C)O)CC(c2ccc3ncc(Br)cc3c2)=NO1. The Morgan fingerprint density at radius 2 is 2.26 bits per heavy atom. The minimum absolute atomic E-state index is 0.143. The topological polar surface area (TPSA) is 81.0 Å². The van der Waals surface area contributed by atoms with Crippen molar-refractivity contribution in [3.05, 3.63) is 40.5 Å². The molecule has 1 aromatic heterocycles. The highest BCUT2D eigenvalue weighted by atomic mass is 79.9. The predicted molar refractivity (Wildman–Crippen MR) is 88.1 cm³/mol. The van der Waals surface area contributed by atoms with E-state index in [1.54, 1.807) is 6.20 Å².